The summed E-state index contributed by atoms with van der Waals surface area (Å²) in [6.45, 7) is 4.14. The van der Waals surface area contributed by atoms with Crippen molar-refractivity contribution in [3.63, 3.8) is 0 Å². The molecule has 0 unspecified atom stereocenters. The van der Waals surface area contributed by atoms with Gasteiger partial charge in [-0.3, -0.25) is 0 Å². The molecule has 0 fully saturated rings. The van der Waals surface area contributed by atoms with E-state index in [1.807, 2.05) is 19.9 Å². The highest BCUT2D eigenvalue weighted by Crippen LogP contribution is 2.25. The number of rotatable bonds is 4. The van der Waals surface area contributed by atoms with Crippen LogP contribution in [0.2, 0.25) is 0 Å². The van der Waals surface area contributed by atoms with Crippen molar-refractivity contribution in [3.05, 3.63) is 35.9 Å². The summed E-state index contributed by atoms with van der Waals surface area (Å²) >= 11 is 0. The van der Waals surface area contributed by atoms with Crippen LogP contribution in [0.4, 0.5) is 13.2 Å². The van der Waals surface area contributed by atoms with Gasteiger partial charge in [0, 0.05) is 6.07 Å². The van der Waals surface area contributed by atoms with Crippen LogP contribution in [0.1, 0.15) is 13.8 Å². The number of hydrogen-bond acceptors (Lipinski definition) is 2. The largest absolute Gasteiger partial charge is 0.573 e. The summed E-state index contributed by atoms with van der Waals surface area (Å²) < 4.78 is 44.9. The number of alkyl halides is 3. The van der Waals surface area contributed by atoms with Crippen molar-refractivity contribution in [1.29, 1.82) is 0 Å². The minimum Gasteiger partial charge on any atom is -0.489 e. The maximum absolute atomic E-state index is 12.0. The van der Waals surface area contributed by atoms with E-state index in [9.17, 15) is 13.2 Å². The average Bonchev–Trinajstić information content (AvgIpc) is 2.14. The van der Waals surface area contributed by atoms with Crippen molar-refractivity contribution in [2.75, 3.05) is 6.61 Å². The Morgan fingerprint density at radius 3 is 2.47 bits per heavy atom. The van der Waals surface area contributed by atoms with E-state index in [4.69, 9.17) is 4.74 Å². The molecule has 0 saturated carbocycles. The van der Waals surface area contributed by atoms with Gasteiger partial charge >= 0.3 is 6.36 Å². The molecule has 1 aromatic rings. The molecule has 0 heterocycles. The van der Waals surface area contributed by atoms with E-state index >= 15 is 0 Å². The molecule has 0 aliphatic heterocycles. The van der Waals surface area contributed by atoms with Crippen LogP contribution in [0.5, 0.6) is 11.5 Å². The quantitative estimate of drug-likeness (QED) is 0.749. The summed E-state index contributed by atoms with van der Waals surface area (Å²) in [4.78, 5) is 0. The SMILES string of the molecule is CC(C)=CCOc1cccc(OC(F)(F)F)c1. The number of ether oxygens (including phenoxy) is 2. The van der Waals surface area contributed by atoms with E-state index in [2.05, 4.69) is 4.74 Å². The monoisotopic (exact) mass is 246 g/mol. The minimum atomic E-state index is -4.68. The zero-order valence-electron chi connectivity index (χ0n) is 9.54. The van der Waals surface area contributed by atoms with Crippen molar-refractivity contribution < 1.29 is 22.6 Å². The van der Waals surface area contributed by atoms with Crippen molar-refractivity contribution >= 4 is 0 Å². The third-order valence-electron chi connectivity index (χ3n) is 1.78. The summed E-state index contributed by atoms with van der Waals surface area (Å²) in [6.07, 6.45) is -2.85. The molecule has 17 heavy (non-hydrogen) atoms. The van der Waals surface area contributed by atoms with Gasteiger partial charge in [0.2, 0.25) is 0 Å². The lowest BCUT2D eigenvalue weighted by atomic mass is 10.3. The molecule has 0 aliphatic rings. The first-order chi connectivity index (χ1) is 7.87. The Bertz CT molecular complexity index is 393. The summed E-state index contributed by atoms with van der Waals surface area (Å²) in [5, 5.41) is 0. The molecule has 94 valence electrons. The van der Waals surface area contributed by atoms with Crippen LogP contribution < -0.4 is 9.47 Å². The smallest absolute Gasteiger partial charge is 0.489 e. The van der Waals surface area contributed by atoms with Gasteiger partial charge in [-0.25, -0.2) is 0 Å². The lowest BCUT2D eigenvalue weighted by Gasteiger charge is -2.10. The second-order valence-electron chi connectivity index (χ2n) is 3.62. The molecule has 0 atom stereocenters. The van der Waals surface area contributed by atoms with Crippen LogP contribution in [0.15, 0.2) is 35.9 Å². The fourth-order valence-electron chi connectivity index (χ4n) is 1.07. The molecule has 1 rings (SSSR count). The number of hydrogen-bond donors (Lipinski definition) is 0. The topological polar surface area (TPSA) is 18.5 Å². The van der Waals surface area contributed by atoms with Gasteiger partial charge in [-0.15, -0.1) is 13.2 Å². The summed E-state index contributed by atoms with van der Waals surface area (Å²) in [5.41, 5.74) is 1.08. The molecule has 5 heteroatoms. The van der Waals surface area contributed by atoms with Crippen molar-refractivity contribution in [3.8, 4) is 11.5 Å². The normalized spacial score (nSPS) is 10.9. The van der Waals surface area contributed by atoms with Gasteiger partial charge < -0.3 is 9.47 Å². The Labute approximate surface area is 97.7 Å². The molecule has 0 saturated heterocycles. The van der Waals surface area contributed by atoms with Crippen LogP contribution >= 0.6 is 0 Å². The number of benzene rings is 1. The van der Waals surface area contributed by atoms with Crippen LogP contribution in [0.25, 0.3) is 0 Å². The van der Waals surface area contributed by atoms with Crippen molar-refractivity contribution in [2.45, 2.75) is 20.2 Å². The number of halogens is 3. The minimum absolute atomic E-state index is 0.285. The molecule has 2 nitrogen and oxygen atoms in total. The maximum Gasteiger partial charge on any atom is 0.573 e. The second kappa shape index (κ2) is 5.61. The van der Waals surface area contributed by atoms with E-state index in [0.717, 1.165) is 5.57 Å². The van der Waals surface area contributed by atoms with Gasteiger partial charge in [0.05, 0.1) is 0 Å². The predicted octanol–water partition coefficient (Wildman–Crippen LogP) is 3.93. The van der Waals surface area contributed by atoms with E-state index in [1.165, 1.54) is 18.2 Å². The van der Waals surface area contributed by atoms with E-state index in [-0.39, 0.29) is 5.75 Å². The molecule has 0 amide bonds. The lowest BCUT2D eigenvalue weighted by molar-refractivity contribution is -0.274. The Morgan fingerprint density at radius 1 is 1.24 bits per heavy atom. The molecule has 0 radical (unpaired) electrons. The van der Waals surface area contributed by atoms with Crippen LogP contribution in [-0.2, 0) is 0 Å². The van der Waals surface area contributed by atoms with E-state index < -0.39 is 6.36 Å². The zero-order valence-corrected chi connectivity index (χ0v) is 9.54. The third kappa shape index (κ3) is 5.85. The van der Waals surface area contributed by atoms with Gasteiger partial charge in [0.15, 0.2) is 0 Å². The summed E-state index contributed by atoms with van der Waals surface area (Å²) in [6, 6.07) is 5.44. The first-order valence-corrected chi connectivity index (χ1v) is 4.99. The van der Waals surface area contributed by atoms with E-state index in [0.29, 0.717) is 12.4 Å². The van der Waals surface area contributed by atoms with Gasteiger partial charge in [-0.05, 0) is 32.1 Å². The number of allylic oxidation sites excluding steroid dienone is 1. The Kier molecular flexibility index (Phi) is 4.43. The predicted molar refractivity (Wildman–Crippen MR) is 58.1 cm³/mol. The molecule has 0 aromatic heterocycles. The Hall–Kier alpha value is -1.65. The Morgan fingerprint density at radius 2 is 1.88 bits per heavy atom. The van der Waals surface area contributed by atoms with Gasteiger partial charge in [0.1, 0.15) is 18.1 Å². The first-order valence-electron chi connectivity index (χ1n) is 4.99. The standard InChI is InChI=1S/C12H13F3O2/c1-9(2)6-7-16-10-4-3-5-11(8-10)17-12(13,14)15/h3-6,8H,7H2,1-2H3. The van der Waals surface area contributed by atoms with Crippen LogP contribution in [0, 0.1) is 0 Å². The third-order valence-corrected chi connectivity index (χ3v) is 1.78. The molecule has 0 spiro atoms. The molecular formula is C12H13F3O2. The maximum atomic E-state index is 12.0. The highest BCUT2D eigenvalue weighted by Gasteiger charge is 2.31. The highest BCUT2D eigenvalue weighted by molar-refractivity contribution is 5.33. The zero-order chi connectivity index (χ0) is 12.9. The fourth-order valence-corrected chi connectivity index (χ4v) is 1.07. The molecular weight excluding hydrogens is 233 g/mol. The molecule has 0 N–H and O–H groups in total. The van der Waals surface area contributed by atoms with Crippen LogP contribution in [0.3, 0.4) is 0 Å². The molecule has 1 aromatic carbocycles. The van der Waals surface area contributed by atoms with Crippen molar-refractivity contribution in [1.82, 2.24) is 0 Å². The van der Waals surface area contributed by atoms with Crippen molar-refractivity contribution in [2.24, 2.45) is 0 Å². The first kappa shape index (κ1) is 13.4. The van der Waals surface area contributed by atoms with Gasteiger partial charge in [0.25, 0.3) is 0 Å². The fraction of sp³-hybridized carbons (Fsp3) is 0.333. The van der Waals surface area contributed by atoms with Gasteiger partial charge in [-0.2, -0.15) is 0 Å². The average molecular weight is 246 g/mol. The highest BCUT2D eigenvalue weighted by atomic mass is 19.4. The summed E-state index contributed by atoms with van der Waals surface area (Å²) in [7, 11) is 0. The molecule has 0 aliphatic carbocycles. The Balaban J connectivity index is 2.63. The lowest BCUT2D eigenvalue weighted by Crippen LogP contribution is -2.17. The van der Waals surface area contributed by atoms with E-state index in [1.54, 1.807) is 6.07 Å². The second-order valence-corrected chi connectivity index (χ2v) is 3.62. The van der Waals surface area contributed by atoms with Crippen LogP contribution in [-0.4, -0.2) is 13.0 Å². The summed E-state index contributed by atoms with van der Waals surface area (Å²) in [5.74, 6) is 0.0523. The van der Waals surface area contributed by atoms with Gasteiger partial charge in [-0.1, -0.05) is 11.6 Å². The molecule has 0 bridgehead atoms.